The van der Waals surface area contributed by atoms with Gasteiger partial charge in [0.15, 0.2) is 0 Å². The van der Waals surface area contributed by atoms with Crippen LogP contribution >= 0.6 is 0 Å². The molecule has 5 rings (SSSR count). The van der Waals surface area contributed by atoms with E-state index in [1.54, 1.807) is 6.20 Å². The quantitative estimate of drug-likeness (QED) is 0.140. The summed E-state index contributed by atoms with van der Waals surface area (Å²) in [6.45, 7) is 19.4. The maximum absolute atomic E-state index is 4.79. The second kappa shape index (κ2) is 11.0. The van der Waals surface area contributed by atoms with E-state index in [0.717, 1.165) is 44.7 Å². The Balaban J connectivity index is 0.000000220. The van der Waals surface area contributed by atoms with Crippen LogP contribution in [-0.4, -0.2) is 25.0 Å². The maximum Gasteiger partial charge on any atom is 2.00 e. The fourth-order valence-corrected chi connectivity index (χ4v) is 3.93. The predicted molar refractivity (Wildman–Crippen MR) is 151 cm³/mol. The van der Waals surface area contributed by atoms with Gasteiger partial charge >= 0.3 is 21.1 Å². The van der Waals surface area contributed by atoms with Crippen LogP contribution in [0.15, 0.2) is 54.9 Å². The van der Waals surface area contributed by atoms with Gasteiger partial charge in [0, 0.05) is 35.0 Å². The zero-order chi connectivity index (χ0) is 27.0. The molecule has 200 valence electrons. The number of fused-ring (bicyclic) bond motifs is 3. The maximum atomic E-state index is 4.79. The molecule has 0 atom stereocenters. The molecule has 0 saturated heterocycles. The normalized spacial score (nSPS) is 12.1. The Kier molecular flexibility index (Phi) is 8.57. The van der Waals surface area contributed by atoms with Crippen LogP contribution in [0.5, 0.6) is 0 Å². The standard InChI is InChI=1S/C19H22N3.C12H14N3.Pt/c1-18(2,3)14-10-15-13(16-12(14)8-7-9-20-16)11-21-17(22-15)19(4,5)6;1-12(2,3)11-8-10(14-15-11)9-6-4-5-7-13-9;/h7-10H,1-6H3;4-8H,1-3H3;/q2*-1;+2. The van der Waals surface area contributed by atoms with Crippen LogP contribution in [0.2, 0.25) is 0 Å². The van der Waals surface area contributed by atoms with Gasteiger partial charge < -0.3 is 25.1 Å². The summed E-state index contributed by atoms with van der Waals surface area (Å²) in [5.41, 5.74) is 5.83. The summed E-state index contributed by atoms with van der Waals surface area (Å²) < 4.78 is 0. The SMILES string of the molecule is CC(C)(C)c1cc(-c2ccccn2)[n-]n1.CC(C)(C)c1n[c-]c2c(cc(C(C)(C)C)c3cccnc32)n1.[Pt+2]. The minimum Gasteiger partial charge on any atom is -0.573 e. The first-order valence-electron chi connectivity index (χ1n) is 12.7. The number of hydrogen-bond donors (Lipinski definition) is 0. The second-order valence-electron chi connectivity index (χ2n) is 12.5. The Morgan fingerprint density at radius 3 is 2.05 bits per heavy atom. The molecule has 0 aliphatic rings. The molecule has 4 aromatic heterocycles. The summed E-state index contributed by atoms with van der Waals surface area (Å²) in [4.78, 5) is 18.0. The fourth-order valence-electron chi connectivity index (χ4n) is 3.93. The minimum absolute atomic E-state index is 0. The van der Waals surface area contributed by atoms with Crippen molar-refractivity contribution in [2.45, 2.75) is 78.6 Å². The van der Waals surface area contributed by atoms with E-state index in [1.807, 2.05) is 36.5 Å². The first-order chi connectivity index (χ1) is 17.2. The van der Waals surface area contributed by atoms with Gasteiger partial charge in [0.2, 0.25) is 0 Å². The number of rotatable bonds is 1. The van der Waals surface area contributed by atoms with E-state index in [2.05, 4.69) is 106 Å². The van der Waals surface area contributed by atoms with Gasteiger partial charge in [0.1, 0.15) is 0 Å². The van der Waals surface area contributed by atoms with Crippen molar-refractivity contribution in [3.05, 3.63) is 78.1 Å². The van der Waals surface area contributed by atoms with Crippen molar-refractivity contribution < 1.29 is 21.1 Å². The molecule has 0 aliphatic carbocycles. The summed E-state index contributed by atoms with van der Waals surface area (Å²) in [6, 6.07) is 14.1. The van der Waals surface area contributed by atoms with E-state index in [1.165, 1.54) is 5.56 Å². The van der Waals surface area contributed by atoms with Gasteiger partial charge in [0.05, 0.1) is 0 Å². The van der Waals surface area contributed by atoms with Crippen LogP contribution in [0.25, 0.3) is 33.2 Å². The zero-order valence-electron chi connectivity index (χ0n) is 23.7. The van der Waals surface area contributed by atoms with Crippen molar-refractivity contribution in [1.29, 1.82) is 0 Å². The summed E-state index contributed by atoms with van der Waals surface area (Å²) in [5.74, 6) is 0.815. The topological polar surface area (TPSA) is 78.5 Å². The third kappa shape index (κ3) is 6.53. The molecule has 38 heavy (non-hydrogen) atoms. The van der Waals surface area contributed by atoms with Crippen molar-refractivity contribution >= 4 is 21.8 Å². The van der Waals surface area contributed by atoms with Crippen LogP contribution in [0.3, 0.4) is 0 Å². The molecule has 0 unspecified atom stereocenters. The van der Waals surface area contributed by atoms with Crippen LogP contribution < -0.4 is 5.10 Å². The molecule has 6 nitrogen and oxygen atoms in total. The van der Waals surface area contributed by atoms with Gasteiger partial charge in [-0.05, 0) is 57.2 Å². The summed E-state index contributed by atoms with van der Waals surface area (Å²) in [5, 5.41) is 10.4. The molecule has 0 aliphatic heterocycles. The van der Waals surface area contributed by atoms with Gasteiger partial charge in [-0.15, -0.1) is 0 Å². The first-order valence-corrected chi connectivity index (χ1v) is 12.7. The van der Waals surface area contributed by atoms with Crippen molar-refractivity contribution in [2.75, 3.05) is 0 Å². The van der Waals surface area contributed by atoms with Crippen LogP contribution in [0.4, 0.5) is 0 Å². The molecule has 0 N–H and O–H groups in total. The predicted octanol–water partition coefficient (Wildman–Crippen LogP) is 6.97. The van der Waals surface area contributed by atoms with Crippen molar-refractivity contribution in [1.82, 2.24) is 30.1 Å². The molecule has 0 fully saturated rings. The monoisotopic (exact) mass is 687 g/mol. The van der Waals surface area contributed by atoms with E-state index in [-0.39, 0.29) is 37.3 Å². The van der Waals surface area contributed by atoms with Crippen LogP contribution in [0, 0.1) is 6.20 Å². The van der Waals surface area contributed by atoms with Gasteiger partial charge in [-0.2, -0.15) is 0 Å². The third-order valence-electron chi connectivity index (χ3n) is 6.09. The summed E-state index contributed by atoms with van der Waals surface area (Å²) in [7, 11) is 0. The molecule has 0 bridgehead atoms. The average molecular weight is 688 g/mol. The van der Waals surface area contributed by atoms with Gasteiger partial charge in [-0.25, -0.2) is 0 Å². The van der Waals surface area contributed by atoms with Crippen LogP contribution in [0.1, 0.15) is 79.4 Å². The number of aromatic nitrogens is 6. The number of pyridine rings is 2. The number of hydrogen-bond acceptors (Lipinski definition) is 5. The molecular formula is C31H36N6Pt. The second-order valence-corrected chi connectivity index (χ2v) is 12.5. The molecule has 0 amide bonds. The number of nitrogens with zero attached hydrogens (tertiary/aromatic N) is 6. The summed E-state index contributed by atoms with van der Waals surface area (Å²) >= 11 is 0. The Morgan fingerprint density at radius 1 is 0.763 bits per heavy atom. The molecular weight excluding hydrogens is 651 g/mol. The summed E-state index contributed by atoms with van der Waals surface area (Å²) in [6.07, 6.45) is 6.76. The smallest absolute Gasteiger partial charge is 0.573 e. The average Bonchev–Trinajstić information content (AvgIpc) is 3.34. The van der Waals surface area contributed by atoms with Gasteiger partial charge in [-0.3, -0.25) is 4.98 Å². The first kappa shape index (κ1) is 29.6. The fraction of sp³-hybridized carbons (Fsp3) is 0.387. The van der Waals surface area contributed by atoms with Crippen molar-refractivity contribution in [3.63, 3.8) is 0 Å². The van der Waals surface area contributed by atoms with Crippen molar-refractivity contribution in [3.8, 4) is 11.4 Å². The third-order valence-corrected chi connectivity index (χ3v) is 6.09. The van der Waals surface area contributed by atoms with E-state index in [0.29, 0.717) is 0 Å². The van der Waals surface area contributed by atoms with Crippen LogP contribution in [-0.2, 0) is 37.3 Å². The molecule has 0 saturated carbocycles. The Bertz CT molecular complexity index is 1520. The number of benzene rings is 1. The molecule has 7 heteroatoms. The minimum atomic E-state index is -0.0916. The molecule has 1 aromatic carbocycles. The molecule has 0 spiro atoms. The molecule has 0 radical (unpaired) electrons. The largest absolute Gasteiger partial charge is 2.00 e. The zero-order valence-corrected chi connectivity index (χ0v) is 26.0. The van der Waals surface area contributed by atoms with Gasteiger partial charge in [-0.1, -0.05) is 97.7 Å². The Hall–Kier alpha value is -2.98. The van der Waals surface area contributed by atoms with E-state index in [9.17, 15) is 0 Å². The van der Waals surface area contributed by atoms with Gasteiger partial charge in [0.25, 0.3) is 0 Å². The molecule has 5 aromatic rings. The van der Waals surface area contributed by atoms with E-state index >= 15 is 0 Å². The van der Waals surface area contributed by atoms with E-state index in [4.69, 9.17) is 4.98 Å². The Labute approximate surface area is 240 Å². The van der Waals surface area contributed by atoms with E-state index < -0.39 is 0 Å². The molecule has 4 heterocycles. The van der Waals surface area contributed by atoms with Crippen molar-refractivity contribution in [2.24, 2.45) is 0 Å². The Morgan fingerprint density at radius 2 is 1.47 bits per heavy atom.